The highest BCUT2D eigenvalue weighted by atomic mass is 14.0. The molecule has 0 spiro atoms. The molecule has 1 rings (SSSR count). The van der Waals surface area contributed by atoms with Crippen LogP contribution in [0.15, 0.2) is 30.3 Å². The van der Waals surface area contributed by atoms with Gasteiger partial charge in [-0.3, -0.25) is 0 Å². The summed E-state index contributed by atoms with van der Waals surface area (Å²) in [6.45, 7) is 4.26. The van der Waals surface area contributed by atoms with Crippen LogP contribution in [0, 0.1) is 0 Å². The van der Waals surface area contributed by atoms with Crippen LogP contribution in [-0.2, 0) is 6.42 Å². The van der Waals surface area contributed by atoms with Gasteiger partial charge in [-0.2, -0.15) is 0 Å². The van der Waals surface area contributed by atoms with Crippen molar-refractivity contribution in [2.24, 2.45) is 0 Å². The van der Waals surface area contributed by atoms with Crippen LogP contribution in [0.4, 0.5) is 0 Å². The third-order valence-corrected chi connectivity index (χ3v) is 1.85. The Labute approximate surface area is 74.9 Å². The van der Waals surface area contributed by atoms with E-state index in [0.717, 1.165) is 0 Å². The molecule has 0 nitrogen and oxygen atoms in total. The van der Waals surface area contributed by atoms with Gasteiger partial charge in [-0.25, -0.2) is 0 Å². The predicted molar refractivity (Wildman–Crippen MR) is 55.1 cm³/mol. The van der Waals surface area contributed by atoms with Crippen molar-refractivity contribution < 1.29 is 0 Å². The van der Waals surface area contributed by atoms with Crippen LogP contribution in [0.3, 0.4) is 0 Å². The lowest BCUT2D eigenvalue weighted by atomic mass is 10.1. The molecular weight excluding hydrogens is 144 g/mol. The van der Waals surface area contributed by atoms with Gasteiger partial charge in [0, 0.05) is 0 Å². The highest BCUT2D eigenvalue weighted by molar-refractivity contribution is 5.49. The summed E-state index contributed by atoms with van der Waals surface area (Å²) < 4.78 is 0. The van der Waals surface area contributed by atoms with Crippen molar-refractivity contribution in [3.63, 3.8) is 0 Å². The zero-order valence-corrected chi connectivity index (χ0v) is 7.88. The second kappa shape index (κ2) is 4.76. The van der Waals surface area contributed by atoms with E-state index in [4.69, 9.17) is 0 Å². The Morgan fingerprint density at radius 2 is 2.17 bits per heavy atom. The van der Waals surface area contributed by atoms with Crippen LogP contribution in [0.2, 0.25) is 0 Å². The van der Waals surface area contributed by atoms with Crippen molar-refractivity contribution in [2.75, 3.05) is 0 Å². The van der Waals surface area contributed by atoms with E-state index in [1.807, 2.05) is 6.92 Å². The summed E-state index contributed by atoms with van der Waals surface area (Å²) >= 11 is 0. The van der Waals surface area contributed by atoms with Gasteiger partial charge in [-0.1, -0.05) is 49.8 Å². The summed E-state index contributed by atoms with van der Waals surface area (Å²) in [5.74, 6) is 0. The van der Waals surface area contributed by atoms with E-state index >= 15 is 0 Å². The molecule has 0 unspecified atom stereocenters. The minimum absolute atomic E-state index is 1.19. The number of benzene rings is 1. The topological polar surface area (TPSA) is 0 Å². The van der Waals surface area contributed by atoms with Gasteiger partial charge in [-0.05, 0) is 24.5 Å². The van der Waals surface area contributed by atoms with Crippen LogP contribution in [0.25, 0.3) is 6.08 Å². The number of rotatable bonds is 3. The summed E-state index contributed by atoms with van der Waals surface area (Å²) in [6.07, 6.45) is 6.62. The van der Waals surface area contributed by atoms with Crippen LogP contribution in [0.5, 0.6) is 0 Å². The molecule has 0 aliphatic carbocycles. The number of aryl methyl sites for hydroxylation is 1. The molecule has 0 heterocycles. The van der Waals surface area contributed by atoms with Crippen LogP contribution in [-0.4, -0.2) is 0 Å². The minimum atomic E-state index is 1.19. The Morgan fingerprint density at radius 1 is 1.33 bits per heavy atom. The van der Waals surface area contributed by atoms with Gasteiger partial charge in [0.05, 0.1) is 0 Å². The van der Waals surface area contributed by atoms with Crippen molar-refractivity contribution in [3.8, 4) is 0 Å². The molecule has 12 heavy (non-hydrogen) atoms. The fourth-order valence-corrected chi connectivity index (χ4v) is 1.33. The smallest absolute Gasteiger partial charge is 0.0257 e. The molecule has 0 atom stereocenters. The molecule has 0 fully saturated rings. The quantitative estimate of drug-likeness (QED) is 0.633. The van der Waals surface area contributed by atoms with E-state index in [9.17, 15) is 0 Å². The SMILES string of the molecule is CC=Cc1cccc(CCC)c1. The minimum Gasteiger partial charge on any atom is -0.0871 e. The van der Waals surface area contributed by atoms with Crippen LogP contribution in [0.1, 0.15) is 31.4 Å². The lowest BCUT2D eigenvalue weighted by molar-refractivity contribution is 0.921. The van der Waals surface area contributed by atoms with Crippen LogP contribution < -0.4 is 0 Å². The first-order valence-electron chi connectivity index (χ1n) is 4.58. The van der Waals surface area contributed by atoms with Crippen LogP contribution >= 0.6 is 0 Å². The van der Waals surface area contributed by atoms with E-state index in [-0.39, 0.29) is 0 Å². The molecule has 0 amide bonds. The molecule has 0 saturated carbocycles. The summed E-state index contributed by atoms with van der Waals surface area (Å²) in [6, 6.07) is 8.71. The number of hydrogen-bond donors (Lipinski definition) is 0. The second-order valence-corrected chi connectivity index (χ2v) is 3.00. The fourth-order valence-electron chi connectivity index (χ4n) is 1.33. The zero-order chi connectivity index (χ0) is 8.81. The third-order valence-electron chi connectivity index (χ3n) is 1.85. The van der Waals surface area contributed by atoms with Gasteiger partial charge >= 0.3 is 0 Å². The van der Waals surface area contributed by atoms with Gasteiger partial charge in [-0.15, -0.1) is 0 Å². The zero-order valence-electron chi connectivity index (χ0n) is 7.88. The second-order valence-electron chi connectivity index (χ2n) is 3.00. The van der Waals surface area contributed by atoms with Gasteiger partial charge in [0.2, 0.25) is 0 Å². The standard InChI is InChI=1S/C12H16/c1-3-6-11-8-5-9-12(10-11)7-4-2/h3,5-6,8-10H,4,7H2,1-2H3. The largest absolute Gasteiger partial charge is 0.0871 e. The molecular formula is C12H16. The van der Waals surface area contributed by atoms with Crippen molar-refractivity contribution >= 4 is 6.08 Å². The summed E-state index contributed by atoms with van der Waals surface area (Å²) in [4.78, 5) is 0. The lowest BCUT2D eigenvalue weighted by Gasteiger charge is -1.99. The molecule has 0 bridgehead atoms. The molecule has 1 aromatic rings. The predicted octanol–water partition coefficient (Wildman–Crippen LogP) is 3.67. The Balaban J connectivity index is 2.80. The summed E-state index contributed by atoms with van der Waals surface area (Å²) in [5.41, 5.74) is 2.75. The normalized spacial score (nSPS) is 10.8. The first kappa shape index (κ1) is 9.05. The van der Waals surface area contributed by atoms with E-state index in [1.165, 1.54) is 24.0 Å². The Bertz CT molecular complexity index is 258. The van der Waals surface area contributed by atoms with E-state index in [0.29, 0.717) is 0 Å². The maximum absolute atomic E-state index is 2.25. The first-order chi connectivity index (χ1) is 5.86. The monoisotopic (exact) mass is 160 g/mol. The van der Waals surface area contributed by atoms with Crippen molar-refractivity contribution in [1.82, 2.24) is 0 Å². The van der Waals surface area contributed by atoms with E-state index in [1.54, 1.807) is 0 Å². The first-order valence-corrected chi connectivity index (χ1v) is 4.58. The molecule has 64 valence electrons. The average molecular weight is 160 g/mol. The van der Waals surface area contributed by atoms with Gasteiger partial charge < -0.3 is 0 Å². The molecule has 0 radical (unpaired) electrons. The average Bonchev–Trinajstić information content (AvgIpc) is 2.06. The highest BCUT2D eigenvalue weighted by Crippen LogP contribution is 2.08. The summed E-state index contributed by atoms with van der Waals surface area (Å²) in [7, 11) is 0. The number of allylic oxidation sites excluding steroid dienone is 1. The maximum atomic E-state index is 2.25. The Kier molecular flexibility index (Phi) is 3.59. The third kappa shape index (κ3) is 2.54. The van der Waals surface area contributed by atoms with Gasteiger partial charge in [0.1, 0.15) is 0 Å². The molecule has 0 N–H and O–H groups in total. The van der Waals surface area contributed by atoms with Crippen molar-refractivity contribution in [1.29, 1.82) is 0 Å². The summed E-state index contributed by atoms with van der Waals surface area (Å²) in [5, 5.41) is 0. The van der Waals surface area contributed by atoms with Crippen molar-refractivity contribution in [2.45, 2.75) is 26.7 Å². The van der Waals surface area contributed by atoms with E-state index < -0.39 is 0 Å². The maximum Gasteiger partial charge on any atom is -0.0257 e. The lowest BCUT2D eigenvalue weighted by Crippen LogP contribution is -1.82. The van der Waals surface area contributed by atoms with Crippen molar-refractivity contribution in [3.05, 3.63) is 41.5 Å². The van der Waals surface area contributed by atoms with Gasteiger partial charge in [0.15, 0.2) is 0 Å². The molecule has 0 aromatic heterocycles. The molecule has 1 aromatic carbocycles. The molecule has 0 aliphatic heterocycles. The number of hydrogen-bond acceptors (Lipinski definition) is 0. The molecule has 0 heteroatoms. The highest BCUT2D eigenvalue weighted by Gasteiger charge is 1.90. The Hall–Kier alpha value is -1.04. The van der Waals surface area contributed by atoms with E-state index in [2.05, 4.69) is 43.3 Å². The van der Waals surface area contributed by atoms with Gasteiger partial charge in [0.25, 0.3) is 0 Å². The fraction of sp³-hybridized carbons (Fsp3) is 0.333. The Morgan fingerprint density at radius 3 is 2.83 bits per heavy atom. The molecule has 0 aliphatic rings. The molecule has 0 saturated heterocycles.